The van der Waals surface area contributed by atoms with Crippen LogP contribution in [0, 0.1) is 5.92 Å². The SMILES string of the molecule is CC(C)CN(C(=O)CSc1ncn[nH]1)[C@@H]1CCS(=O)(=O)C1. The van der Waals surface area contributed by atoms with Gasteiger partial charge in [-0.15, -0.1) is 0 Å². The average Bonchev–Trinajstić information content (AvgIpc) is 3.02. The van der Waals surface area contributed by atoms with Crippen molar-refractivity contribution in [2.24, 2.45) is 5.92 Å². The Balaban J connectivity index is 1.99. The molecule has 2 rings (SSSR count). The summed E-state index contributed by atoms with van der Waals surface area (Å²) in [6.07, 6.45) is 1.93. The summed E-state index contributed by atoms with van der Waals surface area (Å²) in [7, 11) is -3.00. The van der Waals surface area contributed by atoms with E-state index in [1.54, 1.807) is 4.90 Å². The maximum atomic E-state index is 12.4. The zero-order valence-electron chi connectivity index (χ0n) is 12.2. The van der Waals surface area contributed by atoms with Gasteiger partial charge in [0.15, 0.2) is 15.0 Å². The number of hydrogen-bond acceptors (Lipinski definition) is 6. The Labute approximate surface area is 128 Å². The van der Waals surface area contributed by atoms with Gasteiger partial charge in [0, 0.05) is 12.6 Å². The van der Waals surface area contributed by atoms with Gasteiger partial charge in [0.05, 0.1) is 17.3 Å². The van der Waals surface area contributed by atoms with Gasteiger partial charge < -0.3 is 4.90 Å². The molecule has 0 unspecified atom stereocenters. The molecule has 1 aliphatic rings. The molecule has 0 saturated carbocycles. The zero-order chi connectivity index (χ0) is 15.5. The molecule has 1 aromatic heterocycles. The number of thioether (sulfide) groups is 1. The van der Waals surface area contributed by atoms with Crippen LogP contribution >= 0.6 is 11.8 Å². The molecule has 1 amide bonds. The van der Waals surface area contributed by atoms with Crippen LogP contribution in [0.1, 0.15) is 20.3 Å². The van der Waals surface area contributed by atoms with Crippen molar-refractivity contribution >= 4 is 27.5 Å². The van der Waals surface area contributed by atoms with Crippen molar-refractivity contribution in [3.63, 3.8) is 0 Å². The molecule has 21 heavy (non-hydrogen) atoms. The fourth-order valence-electron chi connectivity index (χ4n) is 2.35. The smallest absolute Gasteiger partial charge is 0.233 e. The first kappa shape index (κ1) is 16.3. The van der Waals surface area contributed by atoms with Crippen molar-refractivity contribution in [1.29, 1.82) is 0 Å². The number of hydrogen-bond donors (Lipinski definition) is 1. The lowest BCUT2D eigenvalue weighted by Gasteiger charge is -2.29. The fraction of sp³-hybridized carbons (Fsp3) is 0.750. The fourth-order valence-corrected chi connectivity index (χ4v) is 4.74. The summed E-state index contributed by atoms with van der Waals surface area (Å²) >= 11 is 1.28. The van der Waals surface area contributed by atoms with Crippen LogP contribution in [0.3, 0.4) is 0 Å². The third-order valence-electron chi connectivity index (χ3n) is 3.26. The van der Waals surface area contributed by atoms with E-state index in [2.05, 4.69) is 15.2 Å². The van der Waals surface area contributed by atoms with Crippen molar-refractivity contribution in [3.05, 3.63) is 6.33 Å². The molecule has 1 N–H and O–H groups in total. The number of carbonyl (C=O) groups is 1. The minimum atomic E-state index is -3.00. The van der Waals surface area contributed by atoms with E-state index in [9.17, 15) is 13.2 Å². The third kappa shape index (κ3) is 4.70. The molecule has 118 valence electrons. The molecular formula is C12H20N4O3S2. The summed E-state index contributed by atoms with van der Waals surface area (Å²) in [5, 5.41) is 7.01. The molecule has 0 bridgehead atoms. The second-order valence-corrected chi connectivity index (χ2v) is 8.77. The Morgan fingerprint density at radius 3 is 2.86 bits per heavy atom. The molecule has 0 spiro atoms. The highest BCUT2D eigenvalue weighted by Crippen LogP contribution is 2.21. The summed E-state index contributed by atoms with van der Waals surface area (Å²) in [5.41, 5.74) is 0. The van der Waals surface area contributed by atoms with Crippen LogP contribution in [0.5, 0.6) is 0 Å². The van der Waals surface area contributed by atoms with Crippen LogP contribution in [0.4, 0.5) is 0 Å². The van der Waals surface area contributed by atoms with E-state index in [1.165, 1.54) is 18.1 Å². The Hall–Kier alpha value is -1.09. The van der Waals surface area contributed by atoms with E-state index in [1.807, 2.05) is 13.8 Å². The molecule has 1 atom stereocenters. The summed E-state index contributed by atoms with van der Waals surface area (Å²) in [6.45, 7) is 4.62. The predicted molar refractivity (Wildman–Crippen MR) is 80.7 cm³/mol. The van der Waals surface area contributed by atoms with Crippen LogP contribution in [0.25, 0.3) is 0 Å². The molecular weight excluding hydrogens is 312 g/mol. The van der Waals surface area contributed by atoms with Gasteiger partial charge in [-0.05, 0) is 12.3 Å². The molecule has 1 saturated heterocycles. The number of aromatic amines is 1. The standard InChI is InChI=1S/C12H20N4O3S2/c1-9(2)5-16(10-3-4-21(18,19)7-10)11(17)6-20-12-13-8-14-15-12/h8-10H,3-7H2,1-2H3,(H,13,14,15)/t10-/m1/s1. The van der Waals surface area contributed by atoms with Crippen molar-refractivity contribution in [2.45, 2.75) is 31.5 Å². The second-order valence-electron chi connectivity index (χ2n) is 5.58. The number of amides is 1. The molecule has 0 aliphatic carbocycles. The van der Waals surface area contributed by atoms with E-state index in [4.69, 9.17) is 0 Å². The number of rotatable bonds is 6. The Morgan fingerprint density at radius 1 is 1.57 bits per heavy atom. The Bertz CT molecular complexity index is 571. The first-order valence-corrected chi connectivity index (χ1v) is 9.66. The summed E-state index contributed by atoms with van der Waals surface area (Å²) < 4.78 is 23.3. The summed E-state index contributed by atoms with van der Waals surface area (Å²) in [4.78, 5) is 18.1. The van der Waals surface area contributed by atoms with Gasteiger partial charge in [-0.2, -0.15) is 5.10 Å². The van der Waals surface area contributed by atoms with E-state index in [0.717, 1.165) is 0 Å². The lowest BCUT2D eigenvalue weighted by Crippen LogP contribution is -2.44. The highest BCUT2D eigenvalue weighted by Gasteiger charge is 2.34. The van der Waals surface area contributed by atoms with Gasteiger partial charge in [-0.25, -0.2) is 13.4 Å². The minimum Gasteiger partial charge on any atom is -0.338 e. The molecule has 9 heteroatoms. The maximum absolute atomic E-state index is 12.4. The van der Waals surface area contributed by atoms with Crippen LogP contribution < -0.4 is 0 Å². The minimum absolute atomic E-state index is 0.0489. The van der Waals surface area contributed by atoms with Gasteiger partial charge in [0.2, 0.25) is 5.91 Å². The van der Waals surface area contributed by atoms with Crippen LogP contribution in [0.2, 0.25) is 0 Å². The Morgan fingerprint density at radius 2 is 2.33 bits per heavy atom. The summed E-state index contributed by atoms with van der Waals surface area (Å²) in [6, 6.07) is -0.194. The van der Waals surface area contributed by atoms with Gasteiger partial charge in [0.25, 0.3) is 0 Å². The maximum Gasteiger partial charge on any atom is 0.233 e. The molecule has 0 aromatic carbocycles. The normalized spacial score (nSPS) is 20.8. The van der Waals surface area contributed by atoms with Crippen molar-refractivity contribution in [1.82, 2.24) is 20.1 Å². The number of nitrogens with one attached hydrogen (secondary N) is 1. The van der Waals surface area contributed by atoms with Crippen LogP contribution in [0.15, 0.2) is 11.5 Å². The van der Waals surface area contributed by atoms with E-state index < -0.39 is 9.84 Å². The predicted octanol–water partition coefficient (Wildman–Crippen LogP) is 0.569. The monoisotopic (exact) mass is 332 g/mol. The summed E-state index contributed by atoms with van der Waals surface area (Å²) in [5.74, 6) is 0.742. The van der Waals surface area contributed by atoms with Gasteiger partial charge in [-0.3, -0.25) is 9.89 Å². The van der Waals surface area contributed by atoms with Gasteiger partial charge in [0.1, 0.15) is 6.33 Å². The number of carbonyl (C=O) groups excluding carboxylic acids is 1. The van der Waals surface area contributed by atoms with Crippen molar-refractivity contribution in [3.8, 4) is 0 Å². The number of H-pyrrole nitrogens is 1. The quantitative estimate of drug-likeness (QED) is 0.765. The Kier molecular flexibility index (Phi) is 5.26. The first-order valence-electron chi connectivity index (χ1n) is 6.85. The van der Waals surface area contributed by atoms with E-state index >= 15 is 0 Å². The average molecular weight is 332 g/mol. The molecule has 7 nitrogen and oxygen atoms in total. The van der Waals surface area contributed by atoms with Gasteiger partial charge in [-0.1, -0.05) is 25.6 Å². The number of aromatic nitrogens is 3. The third-order valence-corrected chi connectivity index (χ3v) is 5.87. The molecule has 2 heterocycles. The molecule has 1 fully saturated rings. The van der Waals surface area contributed by atoms with E-state index in [0.29, 0.717) is 24.0 Å². The molecule has 1 aromatic rings. The lowest BCUT2D eigenvalue weighted by atomic mass is 10.1. The highest BCUT2D eigenvalue weighted by atomic mass is 32.2. The van der Waals surface area contributed by atoms with Crippen LogP contribution in [-0.2, 0) is 14.6 Å². The lowest BCUT2D eigenvalue weighted by molar-refractivity contribution is -0.130. The van der Waals surface area contributed by atoms with Crippen molar-refractivity contribution in [2.75, 3.05) is 23.8 Å². The number of nitrogens with zero attached hydrogens (tertiary/aromatic N) is 3. The zero-order valence-corrected chi connectivity index (χ0v) is 13.8. The van der Waals surface area contributed by atoms with Crippen molar-refractivity contribution < 1.29 is 13.2 Å². The second kappa shape index (κ2) is 6.78. The highest BCUT2D eigenvalue weighted by molar-refractivity contribution is 7.99. The largest absolute Gasteiger partial charge is 0.338 e. The molecule has 1 aliphatic heterocycles. The molecule has 0 radical (unpaired) electrons. The first-order chi connectivity index (χ1) is 9.87. The topological polar surface area (TPSA) is 96.0 Å². The number of sulfone groups is 1. The van der Waals surface area contributed by atoms with Crippen LogP contribution in [-0.4, -0.2) is 64.3 Å². The van der Waals surface area contributed by atoms with Gasteiger partial charge >= 0.3 is 0 Å². The van der Waals surface area contributed by atoms with E-state index in [-0.39, 0.29) is 29.2 Å².